The van der Waals surface area contributed by atoms with Crippen LogP contribution in [0.3, 0.4) is 0 Å². The van der Waals surface area contributed by atoms with E-state index in [0.29, 0.717) is 36.8 Å². The highest BCUT2D eigenvalue weighted by atomic mass is 32.2. The van der Waals surface area contributed by atoms with Gasteiger partial charge in [-0.2, -0.15) is 4.31 Å². The van der Waals surface area contributed by atoms with Crippen molar-refractivity contribution in [2.75, 3.05) is 18.5 Å². The zero-order chi connectivity index (χ0) is 21.4. The maximum Gasteiger partial charge on any atom is 0.253 e. The maximum absolute atomic E-state index is 13.3. The monoisotopic (exact) mass is 456 g/mol. The number of thiophene rings is 1. The summed E-state index contributed by atoms with van der Waals surface area (Å²) in [6.07, 6.45) is 0.303. The van der Waals surface area contributed by atoms with Crippen LogP contribution in [0.15, 0.2) is 64.2 Å². The van der Waals surface area contributed by atoms with Crippen molar-refractivity contribution in [1.82, 2.24) is 4.31 Å². The highest BCUT2D eigenvalue weighted by Gasteiger charge is 2.40. The zero-order valence-corrected chi connectivity index (χ0v) is 18.1. The van der Waals surface area contributed by atoms with E-state index in [1.165, 1.54) is 4.31 Å². The molecule has 0 saturated heterocycles. The second-order valence-corrected chi connectivity index (χ2v) is 10.4. The third-order valence-corrected chi connectivity index (χ3v) is 8.60. The van der Waals surface area contributed by atoms with Crippen molar-refractivity contribution in [3.05, 3.63) is 71.1 Å². The molecule has 2 aliphatic rings. The van der Waals surface area contributed by atoms with E-state index in [9.17, 15) is 13.2 Å². The molecular formula is C22H20N2O5S2. The van der Waals surface area contributed by atoms with Crippen LogP contribution in [0.4, 0.5) is 5.69 Å². The summed E-state index contributed by atoms with van der Waals surface area (Å²) < 4.78 is 39.3. The highest BCUT2D eigenvalue weighted by Crippen LogP contribution is 2.34. The summed E-state index contributed by atoms with van der Waals surface area (Å²) in [5, 5.41) is 4.58. The molecule has 1 atom stereocenters. The lowest BCUT2D eigenvalue weighted by Gasteiger charge is -2.34. The number of sulfonamides is 1. The van der Waals surface area contributed by atoms with Gasteiger partial charge in [-0.15, -0.1) is 11.3 Å². The minimum Gasteiger partial charge on any atom is -0.486 e. The lowest BCUT2D eigenvalue weighted by atomic mass is 9.95. The van der Waals surface area contributed by atoms with Crippen molar-refractivity contribution in [1.29, 1.82) is 0 Å². The summed E-state index contributed by atoms with van der Waals surface area (Å²) in [7, 11) is -3.82. The van der Waals surface area contributed by atoms with Crippen LogP contribution >= 0.6 is 11.3 Å². The van der Waals surface area contributed by atoms with Crippen LogP contribution in [-0.2, 0) is 27.8 Å². The molecule has 0 bridgehead atoms. The standard InChI is InChI=1S/C22H20N2O5S2/c25-22(23-17-7-8-19-20(13-17)29-10-9-28-19)18-12-15-4-1-2-5-16(15)14-24(18)31(26,27)21-6-3-11-30-21/h1-8,11,13,18H,9-10,12,14H2,(H,23,25)/t18-/m1/s1. The van der Waals surface area contributed by atoms with Crippen molar-refractivity contribution >= 4 is 33.0 Å². The SMILES string of the molecule is O=C(Nc1ccc2c(c1)OCCO2)[C@H]1Cc2ccccc2CN1S(=O)(=O)c1cccs1. The number of amides is 1. The Bertz CT molecular complexity index is 1220. The van der Waals surface area contributed by atoms with Gasteiger partial charge in [0.25, 0.3) is 10.0 Å². The Morgan fingerprint density at radius 3 is 2.55 bits per heavy atom. The zero-order valence-electron chi connectivity index (χ0n) is 16.5. The average Bonchev–Trinajstić information content (AvgIpc) is 3.34. The van der Waals surface area contributed by atoms with Gasteiger partial charge in [-0.05, 0) is 41.1 Å². The molecular weight excluding hydrogens is 436 g/mol. The van der Waals surface area contributed by atoms with Crippen LogP contribution in [0.1, 0.15) is 11.1 Å². The fourth-order valence-corrected chi connectivity index (χ4v) is 6.53. The lowest BCUT2D eigenvalue weighted by molar-refractivity contribution is -0.120. The average molecular weight is 457 g/mol. The molecule has 7 nitrogen and oxygen atoms in total. The van der Waals surface area contributed by atoms with Gasteiger partial charge in [-0.25, -0.2) is 8.42 Å². The Labute approximate surface area is 184 Å². The summed E-state index contributed by atoms with van der Waals surface area (Å²) in [6, 6.07) is 15.2. The third kappa shape index (κ3) is 3.80. The fourth-order valence-electron chi connectivity index (χ4n) is 3.85. The number of fused-ring (bicyclic) bond motifs is 2. The number of nitrogens with one attached hydrogen (secondary N) is 1. The van der Waals surface area contributed by atoms with E-state index in [-0.39, 0.29) is 16.7 Å². The van der Waals surface area contributed by atoms with Crippen LogP contribution < -0.4 is 14.8 Å². The van der Waals surface area contributed by atoms with Gasteiger partial charge in [-0.3, -0.25) is 4.79 Å². The van der Waals surface area contributed by atoms with Gasteiger partial charge in [-0.1, -0.05) is 30.3 Å². The lowest BCUT2D eigenvalue weighted by Crippen LogP contribution is -2.50. The molecule has 0 fully saturated rings. The van der Waals surface area contributed by atoms with Crippen LogP contribution in [0.25, 0.3) is 0 Å². The van der Waals surface area contributed by atoms with E-state index in [2.05, 4.69) is 5.32 Å². The largest absolute Gasteiger partial charge is 0.486 e. The summed E-state index contributed by atoms with van der Waals surface area (Å²) >= 11 is 1.15. The molecule has 3 aromatic rings. The van der Waals surface area contributed by atoms with E-state index in [1.54, 1.807) is 35.7 Å². The Kier molecular flexibility index (Phi) is 5.17. The van der Waals surface area contributed by atoms with Crippen molar-refractivity contribution < 1.29 is 22.7 Å². The summed E-state index contributed by atoms with van der Waals surface area (Å²) in [5.41, 5.74) is 2.41. The molecule has 0 radical (unpaired) electrons. The predicted molar refractivity (Wildman–Crippen MR) is 117 cm³/mol. The first kappa shape index (κ1) is 20.0. The van der Waals surface area contributed by atoms with E-state index in [0.717, 1.165) is 22.5 Å². The quantitative estimate of drug-likeness (QED) is 0.651. The van der Waals surface area contributed by atoms with Gasteiger partial charge in [0.05, 0.1) is 0 Å². The molecule has 3 heterocycles. The molecule has 2 aliphatic heterocycles. The van der Waals surface area contributed by atoms with Gasteiger partial charge in [0.2, 0.25) is 5.91 Å². The Hall–Kier alpha value is -2.88. The number of benzene rings is 2. The molecule has 9 heteroatoms. The first-order chi connectivity index (χ1) is 15.0. The molecule has 0 aliphatic carbocycles. The van der Waals surface area contributed by atoms with Gasteiger partial charge < -0.3 is 14.8 Å². The van der Waals surface area contributed by atoms with E-state index in [4.69, 9.17) is 9.47 Å². The van der Waals surface area contributed by atoms with Crippen LogP contribution in [-0.4, -0.2) is 37.9 Å². The minimum absolute atomic E-state index is 0.148. The number of carbonyl (C=O) groups is 1. The Morgan fingerprint density at radius 2 is 1.77 bits per heavy atom. The first-order valence-corrected chi connectivity index (χ1v) is 12.2. The van der Waals surface area contributed by atoms with Crippen LogP contribution in [0.2, 0.25) is 0 Å². The molecule has 5 rings (SSSR count). The first-order valence-electron chi connectivity index (χ1n) is 9.85. The number of rotatable bonds is 4. The smallest absolute Gasteiger partial charge is 0.253 e. The van der Waals surface area contributed by atoms with Crippen LogP contribution in [0.5, 0.6) is 11.5 Å². The topological polar surface area (TPSA) is 84.9 Å². The second-order valence-electron chi connectivity index (χ2n) is 7.32. The number of ether oxygens (including phenoxy) is 2. The molecule has 0 saturated carbocycles. The predicted octanol–water partition coefficient (Wildman–Crippen LogP) is 3.27. The molecule has 1 aromatic heterocycles. The highest BCUT2D eigenvalue weighted by molar-refractivity contribution is 7.91. The summed E-state index contributed by atoms with van der Waals surface area (Å²) in [4.78, 5) is 13.3. The van der Waals surface area contributed by atoms with E-state index in [1.807, 2.05) is 24.3 Å². The van der Waals surface area contributed by atoms with E-state index < -0.39 is 16.1 Å². The van der Waals surface area contributed by atoms with Crippen LogP contribution in [0, 0.1) is 0 Å². The normalized spacial score (nSPS) is 18.3. The molecule has 160 valence electrons. The molecule has 1 amide bonds. The number of nitrogens with zero attached hydrogens (tertiary/aromatic N) is 1. The Balaban J connectivity index is 1.47. The van der Waals surface area contributed by atoms with Crippen molar-refractivity contribution in [2.24, 2.45) is 0 Å². The van der Waals surface area contributed by atoms with Crippen molar-refractivity contribution in [2.45, 2.75) is 23.2 Å². The van der Waals surface area contributed by atoms with Crippen molar-refractivity contribution in [3.63, 3.8) is 0 Å². The van der Waals surface area contributed by atoms with Crippen molar-refractivity contribution in [3.8, 4) is 11.5 Å². The third-order valence-electron chi connectivity index (χ3n) is 5.38. The molecule has 2 aromatic carbocycles. The van der Waals surface area contributed by atoms with Gasteiger partial charge >= 0.3 is 0 Å². The minimum atomic E-state index is -3.82. The molecule has 1 N–H and O–H groups in total. The van der Waals surface area contributed by atoms with E-state index >= 15 is 0 Å². The number of anilines is 1. The second kappa shape index (κ2) is 7.99. The number of hydrogen-bond donors (Lipinski definition) is 1. The fraction of sp³-hybridized carbons (Fsp3) is 0.227. The molecule has 0 unspecified atom stereocenters. The van der Waals surface area contributed by atoms with Gasteiger partial charge in [0.15, 0.2) is 11.5 Å². The van der Waals surface area contributed by atoms with Gasteiger partial charge in [0, 0.05) is 18.3 Å². The summed E-state index contributed by atoms with van der Waals surface area (Å²) in [6.45, 7) is 1.07. The number of hydrogen-bond acceptors (Lipinski definition) is 6. The Morgan fingerprint density at radius 1 is 1.00 bits per heavy atom. The number of carbonyl (C=O) groups excluding carboxylic acids is 1. The molecule has 31 heavy (non-hydrogen) atoms. The van der Waals surface area contributed by atoms with Gasteiger partial charge in [0.1, 0.15) is 23.5 Å². The molecule has 0 spiro atoms. The maximum atomic E-state index is 13.3. The summed E-state index contributed by atoms with van der Waals surface area (Å²) in [5.74, 6) is 0.796.